The van der Waals surface area contributed by atoms with Crippen molar-refractivity contribution in [3.05, 3.63) is 29.5 Å². The lowest BCUT2D eigenvalue weighted by Gasteiger charge is -2.26. The van der Waals surface area contributed by atoms with Crippen LogP contribution in [0.15, 0.2) is 28.0 Å². The van der Waals surface area contributed by atoms with Gasteiger partial charge < -0.3 is 14.5 Å². The molecule has 4 aromatic heterocycles. The molecule has 9 heteroatoms. The Morgan fingerprint density at radius 2 is 2.03 bits per heavy atom. The van der Waals surface area contributed by atoms with Crippen LogP contribution in [0.1, 0.15) is 17.5 Å². The first-order valence-corrected chi connectivity index (χ1v) is 13.1. The molecule has 4 aromatic rings. The average Bonchev–Trinajstić information content (AvgIpc) is 3.58. The summed E-state index contributed by atoms with van der Waals surface area (Å²) < 4.78 is 12.3. The van der Waals surface area contributed by atoms with E-state index in [0.717, 1.165) is 96.1 Å². The van der Waals surface area contributed by atoms with Gasteiger partial charge in [0.25, 0.3) is 0 Å². The fraction of sp³-hybridized carbons (Fsp3) is 0.435. The molecule has 1 saturated heterocycles. The van der Waals surface area contributed by atoms with Crippen molar-refractivity contribution >= 4 is 49.3 Å². The molecule has 0 amide bonds. The third-order valence-electron chi connectivity index (χ3n) is 6.27. The molecule has 0 unspecified atom stereocenters. The van der Waals surface area contributed by atoms with Crippen molar-refractivity contribution < 1.29 is 9.15 Å². The summed E-state index contributed by atoms with van der Waals surface area (Å²) in [4.78, 5) is 18.3. The van der Waals surface area contributed by atoms with Gasteiger partial charge in [-0.05, 0) is 48.8 Å². The zero-order valence-corrected chi connectivity index (χ0v) is 19.7. The van der Waals surface area contributed by atoms with Crippen LogP contribution in [0.5, 0.6) is 0 Å². The number of anilines is 1. The van der Waals surface area contributed by atoms with Gasteiger partial charge in [0.15, 0.2) is 10.9 Å². The second-order valence-electron chi connectivity index (χ2n) is 8.15. The molecule has 2 aliphatic rings. The predicted octanol–water partition coefficient (Wildman–Crippen LogP) is 4.45. The SMILES string of the molecule is CSc1nc(NCCN2CCOCC2)c2sc3nc(-c4ccco4)c4c(c3c2n1)CCC4. The van der Waals surface area contributed by atoms with Crippen LogP contribution < -0.4 is 5.32 Å². The van der Waals surface area contributed by atoms with E-state index in [-0.39, 0.29) is 0 Å². The van der Waals surface area contributed by atoms with E-state index in [1.54, 1.807) is 29.4 Å². The zero-order chi connectivity index (χ0) is 21.5. The van der Waals surface area contributed by atoms with Gasteiger partial charge >= 0.3 is 0 Å². The normalized spacial score (nSPS) is 16.8. The molecule has 0 aromatic carbocycles. The molecule has 1 fully saturated rings. The van der Waals surface area contributed by atoms with Crippen molar-refractivity contribution in [2.45, 2.75) is 24.4 Å². The summed E-state index contributed by atoms with van der Waals surface area (Å²) in [7, 11) is 0. The first-order valence-electron chi connectivity index (χ1n) is 11.1. The molecular weight excluding hydrogens is 442 g/mol. The number of ether oxygens (including phenoxy) is 1. The largest absolute Gasteiger partial charge is 0.463 e. The summed E-state index contributed by atoms with van der Waals surface area (Å²) in [5.41, 5.74) is 4.73. The third kappa shape index (κ3) is 3.57. The minimum absolute atomic E-state index is 0.799. The van der Waals surface area contributed by atoms with Gasteiger partial charge in [0.1, 0.15) is 16.3 Å². The first-order chi connectivity index (χ1) is 15.8. The molecular formula is C23H25N5O2S2. The average molecular weight is 468 g/mol. The Bertz CT molecular complexity index is 1270. The number of furan rings is 1. The molecule has 0 atom stereocenters. The maximum absolute atomic E-state index is 5.72. The van der Waals surface area contributed by atoms with Gasteiger partial charge in [-0.1, -0.05) is 11.8 Å². The second-order valence-corrected chi connectivity index (χ2v) is 9.92. The number of pyridine rings is 1. The topological polar surface area (TPSA) is 76.3 Å². The lowest BCUT2D eigenvalue weighted by Crippen LogP contribution is -2.39. The quantitative estimate of drug-likeness (QED) is 0.329. The Morgan fingerprint density at radius 3 is 2.84 bits per heavy atom. The van der Waals surface area contributed by atoms with Crippen molar-refractivity contribution in [1.29, 1.82) is 0 Å². The Morgan fingerprint density at radius 1 is 1.16 bits per heavy atom. The van der Waals surface area contributed by atoms with Crippen molar-refractivity contribution in [2.75, 3.05) is 51.0 Å². The van der Waals surface area contributed by atoms with Crippen LogP contribution in [0.2, 0.25) is 0 Å². The molecule has 0 saturated carbocycles. The van der Waals surface area contributed by atoms with Crippen molar-refractivity contribution in [3.63, 3.8) is 0 Å². The molecule has 5 heterocycles. The standard InChI is InChI=1S/C23H25N5O2S2/c1-31-23-26-19-17-14-4-2-5-15(14)18(16-6-3-11-30-16)25-22(17)32-20(19)21(27-23)24-7-8-28-9-12-29-13-10-28/h3,6,11H,2,4-5,7-10,12-13H2,1H3,(H,24,26,27). The van der Waals surface area contributed by atoms with Crippen LogP contribution in [-0.2, 0) is 17.6 Å². The van der Waals surface area contributed by atoms with Crippen molar-refractivity contribution in [1.82, 2.24) is 19.9 Å². The van der Waals surface area contributed by atoms with Crippen molar-refractivity contribution in [3.8, 4) is 11.5 Å². The summed E-state index contributed by atoms with van der Waals surface area (Å²) in [6, 6.07) is 3.94. The van der Waals surface area contributed by atoms with Crippen LogP contribution in [-0.4, -0.2) is 65.5 Å². The van der Waals surface area contributed by atoms with Gasteiger partial charge in [0, 0.05) is 31.6 Å². The summed E-state index contributed by atoms with van der Waals surface area (Å²) in [5.74, 6) is 1.77. The Labute approximate surface area is 194 Å². The molecule has 166 valence electrons. The van der Waals surface area contributed by atoms with Crippen LogP contribution >= 0.6 is 23.1 Å². The minimum Gasteiger partial charge on any atom is -0.463 e. The maximum atomic E-state index is 5.72. The molecule has 1 aliphatic carbocycles. The summed E-state index contributed by atoms with van der Waals surface area (Å²) >= 11 is 3.27. The lowest BCUT2D eigenvalue weighted by atomic mass is 10.0. The third-order valence-corrected chi connectivity index (χ3v) is 7.90. The number of hydrogen-bond acceptors (Lipinski definition) is 9. The van der Waals surface area contributed by atoms with Gasteiger partial charge in [0.05, 0.1) is 29.7 Å². The van der Waals surface area contributed by atoms with Gasteiger partial charge in [-0.3, -0.25) is 4.90 Å². The van der Waals surface area contributed by atoms with Crippen LogP contribution in [0.25, 0.3) is 31.9 Å². The number of rotatable bonds is 6. The lowest BCUT2D eigenvalue weighted by molar-refractivity contribution is 0.0398. The van der Waals surface area contributed by atoms with E-state index in [9.17, 15) is 0 Å². The monoisotopic (exact) mass is 467 g/mol. The molecule has 0 bridgehead atoms. The number of aryl methyl sites for hydroxylation is 1. The number of nitrogens with one attached hydrogen (secondary N) is 1. The highest BCUT2D eigenvalue weighted by atomic mass is 32.2. The summed E-state index contributed by atoms with van der Waals surface area (Å²) in [6.07, 6.45) is 7.00. The molecule has 32 heavy (non-hydrogen) atoms. The smallest absolute Gasteiger partial charge is 0.189 e. The number of hydrogen-bond donors (Lipinski definition) is 1. The number of fused-ring (bicyclic) bond motifs is 5. The molecule has 0 spiro atoms. The van der Waals surface area contributed by atoms with Gasteiger partial charge in [0.2, 0.25) is 0 Å². The van der Waals surface area contributed by atoms with Crippen LogP contribution in [0.4, 0.5) is 5.82 Å². The summed E-state index contributed by atoms with van der Waals surface area (Å²) in [6.45, 7) is 5.44. The Balaban J connectivity index is 1.43. The van der Waals surface area contributed by atoms with E-state index in [1.807, 2.05) is 18.4 Å². The van der Waals surface area contributed by atoms with Crippen molar-refractivity contribution in [2.24, 2.45) is 0 Å². The van der Waals surface area contributed by atoms with E-state index in [2.05, 4.69) is 10.2 Å². The Kier molecular flexibility index (Phi) is 5.50. The minimum atomic E-state index is 0.799. The molecule has 1 aliphatic heterocycles. The molecule has 0 radical (unpaired) electrons. The zero-order valence-electron chi connectivity index (χ0n) is 18.0. The summed E-state index contributed by atoms with van der Waals surface area (Å²) in [5, 5.41) is 5.61. The first kappa shape index (κ1) is 20.4. The van der Waals surface area contributed by atoms with E-state index in [4.69, 9.17) is 24.1 Å². The highest BCUT2D eigenvalue weighted by molar-refractivity contribution is 7.98. The highest BCUT2D eigenvalue weighted by Gasteiger charge is 2.26. The number of morpholine rings is 1. The number of aromatic nitrogens is 3. The van der Waals surface area contributed by atoms with E-state index >= 15 is 0 Å². The second kappa shape index (κ2) is 8.62. The predicted molar refractivity (Wildman–Crippen MR) is 130 cm³/mol. The van der Waals surface area contributed by atoms with Crippen LogP contribution in [0, 0.1) is 0 Å². The fourth-order valence-electron chi connectivity index (χ4n) is 4.73. The fourth-order valence-corrected chi connectivity index (χ4v) is 6.21. The number of thioether (sulfide) groups is 1. The van der Waals surface area contributed by atoms with Gasteiger partial charge in [-0.25, -0.2) is 15.0 Å². The molecule has 6 rings (SSSR count). The van der Waals surface area contributed by atoms with E-state index in [1.165, 1.54) is 16.5 Å². The number of thiophene rings is 1. The molecule has 7 nitrogen and oxygen atoms in total. The van der Waals surface area contributed by atoms with Crippen LogP contribution in [0.3, 0.4) is 0 Å². The Hall–Kier alpha value is -2.20. The van der Waals surface area contributed by atoms with Gasteiger partial charge in [-0.15, -0.1) is 11.3 Å². The highest BCUT2D eigenvalue weighted by Crippen LogP contribution is 2.44. The maximum Gasteiger partial charge on any atom is 0.189 e. The molecule has 1 N–H and O–H groups in total. The van der Waals surface area contributed by atoms with E-state index in [0.29, 0.717) is 0 Å². The van der Waals surface area contributed by atoms with E-state index < -0.39 is 0 Å². The number of nitrogens with zero attached hydrogens (tertiary/aromatic N) is 4. The van der Waals surface area contributed by atoms with Gasteiger partial charge in [-0.2, -0.15) is 0 Å².